The van der Waals surface area contributed by atoms with Crippen molar-refractivity contribution in [3.8, 4) is 0 Å². The highest BCUT2D eigenvalue weighted by molar-refractivity contribution is 5.91. The van der Waals surface area contributed by atoms with Crippen molar-refractivity contribution in [1.29, 1.82) is 0 Å². The van der Waals surface area contributed by atoms with Crippen LogP contribution in [0.15, 0.2) is 16.5 Å². The summed E-state index contributed by atoms with van der Waals surface area (Å²) in [6.07, 6.45) is 1.02. The van der Waals surface area contributed by atoms with Crippen LogP contribution in [0.5, 0.6) is 0 Å². The molecule has 106 valence electrons. The Bertz CT molecular complexity index is 409. The molecule has 2 heterocycles. The maximum absolute atomic E-state index is 12.3. The average Bonchev–Trinajstić information content (AvgIpc) is 3.06. The molecule has 0 radical (unpaired) electrons. The van der Waals surface area contributed by atoms with Gasteiger partial charge in [0.15, 0.2) is 5.76 Å². The van der Waals surface area contributed by atoms with E-state index in [1.165, 1.54) is 0 Å². The number of rotatable bonds is 6. The van der Waals surface area contributed by atoms with Crippen LogP contribution >= 0.6 is 0 Å². The van der Waals surface area contributed by atoms with E-state index in [0.29, 0.717) is 30.6 Å². The summed E-state index contributed by atoms with van der Waals surface area (Å²) in [6.45, 7) is 5.32. The Balaban J connectivity index is 1.97. The Morgan fingerprint density at radius 1 is 1.53 bits per heavy atom. The molecule has 0 N–H and O–H groups in total. The first-order valence-electron chi connectivity index (χ1n) is 6.69. The van der Waals surface area contributed by atoms with Gasteiger partial charge >= 0.3 is 0 Å². The van der Waals surface area contributed by atoms with E-state index < -0.39 is 0 Å². The predicted molar refractivity (Wildman–Crippen MR) is 69.9 cm³/mol. The molecule has 2 rings (SSSR count). The van der Waals surface area contributed by atoms with Gasteiger partial charge in [0.05, 0.1) is 6.61 Å². The molecule has 1 atom stereocenters. The number of methoxy groups -OCH3 is 1. The van der Waals surface area contributed by atoms with Crippen LogP contribution in [-0.4, -0.2) is 44.2 Å². The molecule has 5 nitrogen and oxygen atoms in total. The Morgan fingerprint density at radius 2 is 2.37 bits per heavy atom. The quantitative estimate of drug-likeness (QED) is 0.790. The fourth-order valence-electron chi connectivity index (χ4n) is 2.26. The molecule has 0 saturated carbocycles. The molecule has 1 aliphatic heterocycles. The van der Waals surface area contributed by atoms with Gasteiger partial charge in [-0.3, -0.25) is 4.79 Å². The van der Waals surface area contributed by atoms with E-state index in [1.54, 1.807) is 19.2 Å². The van der Waals surface area contributed by atoms with E-state index in [1.807, 2.05) is 11.8 Å². The lowest BCUT2D eigenvalue weighted by atomic mass is 10.1. The molecule has 1 amide bonds. The third-order valence-electron chi connectivity index (χ3n) is 3.33. The van der Waals surface area contributed by atoms with Gasteiger partial charge in [0, 0.05) is 32.7 Å². The van der Waals surface area contributed by atoms with E-state index in [2.05, 4.69) is 0 Å². The summed E-state index contributed by atoms with van der Waals surface area (Å²) in [5, 5.41) is 0. The van der Waals surface area contributed by atoms with Gasteiger partial charge in [-0.2, -0.15) is 0 Å². The molecule has 0 aromatic carbocycles. The van der Waals surface area contributed by atoms with Gasteiger partial charge in [-0.05, 0) is 25.5 Å². The SMILES string of the molecule is CCN(CC1CCOC1)C(=O)c1ccc(COC)o1. The van der Waals surface area contributed by atoms with E-state index in [9.17, 15) is 4.79 Å². The van der Waals surface area contributed by atoms with Crippen LogP contribution in [-0.2, 0) is 16.1 Å². The number of hydrogen-bond donors (Lipinski definition) is 0. The molecule has 1 aliphatic rings. The summed E-state index contributed by atoms with van der Waals surface area (Å²) < 4.78 is 15.8. The summed E-state index contributed by atoms with van der Waals surface area (Å²) in [5.74, 6) is 1.44. The highest BCUT2D eigenvalue weighted by Crippen LogP contribution is 2.17. The number of nitrogens with zero attached hydrogens (tertiary/aromatic N) is 1. The lowest BCUT2D eigenvalue weighted by Crippen LogP contribution is -2.35. The number of carbonyl (C=O) groups is 1. The first kappa shape index (κ1) is 14.1. The Morgan fingerprint density at radius 3 is 3.00 bits per heavy atom. The highest BCUT2D eigenvalue weighted by Gasteiger charge is 2.24. The fraction of sp³-hybridized carbons (Fsp3) is 0.643. The molecule has 0 spiro atoms. The fourth-order valence-corrected chi connectivity index (χ4v) is 2.26. The molecule has 1 fully saturated rings. The molecule has 1 saturated heterocycles. The van der Waals surface area contributed by atoms with Crippen LogP contribution in [0.25, 0.3) is 0 Å². The zero-order valence-corrected chi connectivity index (χ0v) is 11.6. The smallest absolute Gasteiger partial charge is 0.289 e. The first-order valence-corrected chi connectivity index (χ1v) is 6.69. The molecular weight excluding hydrogens is 246 g/mol. The minimum Gasteiger partial charge on any atom is -0.453 e. The summed E-state index contributed by atoms with van der Waals surface area (Å²) in [7, 11) is 1.60. The summed E-state index contributed by atoms with van der Waals surface area (Å²) in [5.41, 5.74) is 0. The van der Waals surface area contributed by atoms with Crippen LogP contribution in [0.2, 0.25) is 0 Å². The van der Waals surface area contributed by atoms with Gasteiger partial charge in [0.1, 0.15) is 12.4 Å². The monoisotopic (exact) mass is 267 g/mol. The average molecular weight is 267 g/mol. The summed E-state index contributed by atoms with van der Waals surface area (Å²) in [4.78, 5) is 14.1. The van der Waals surface area contributed by atoms with E-state index >= 15 is 0 Å². The van der Waals surface area contributed by atoms with E-state index in [0.717, 1.165) is 26.2 Å². The minimum atomic E-state index is -0.0586. The van der Waals surface area contributed by atoms with Crippen LogP contribution in [0.1, 0.15) is 29.7 Å². The Kier molecular flexibility index (Phi) is 4.99. The first-order chi connectivity index (χ1) is 9.24. The summed E-state index contributed by atoms with van der Waals surface area (Å²) in [6, 6.07) is 3.49. The normalized spacial score (nSPS) is 18.7. The number of carbonyl (C=O) groups excluding carboxylic acids is 1. The van der Waals surface area contributed by atoms with Crippen LogP contribution in [0, 0.1) is 5.92 Å². The van der Waals surface area contributed by atoms with Crippen LogP contribution in [0.4, 0.5) is 0 Å². The molecule has 0 aliphatic carbocycles. The van der Waals surface area contributed by atoms with Gasteiger partial charge in [0.25, 0.3) is 5.91 Å². The topological polar surface area (TPSA) is 51.9 Å². The molecule has 1 aromatic heterocycles. The third-order valence-corrected chi connectivity index (χ3v) is 3.33. The zero-order valence-electron chi connectivity index (χ0n) is 11.6. The highest BCUT2D eigenvalue weighted by atomic mass is 16.5. The molecule has 5 heteroatoms. The third kappa shape index (κ3) is 3.58. The maximum Gasteiger partial charge on any atom is 0.289 e. The molecule has 19 heavy (non-hydrogen) atoms. The number of furan rings is 1. The molecule has 0 bridgehead atoms. The number of amides is 1. The molecule has 1 unspecified atom stereocenters. The van der Waals surface area contributed by atoms with Gasteiger partial charge < -0.3 is 18.8 Å². The van der Waals surface area contributed by atoms with E-state index in [4.69, 9.17) is 13.9 Å². The minimum absolute atomic E-state index is 0.0586. The number of hydrogen-bond acceptors (Lipinski definition) is 4. The van der Waals surface area contributed by atoms with E-state index in [-0.39, 0.29) is 5.91 Å². The maximum atomic E-state index is 12.3. The lowest BCUT2D eigenvalue weighted by Gasteiger charge is -2.22. The van der Waals surface area contributed by atoms with Gasteiger partial charge in [-0.1, -0.05) is 0 Å². The Labute approximate surface area is 113 Å². The lowest BCUT2D eigenvalue weighted by molar-refractivity contribution is 0.0691. The van der Waals surface area contributed by atoms with Gasteiger partial charge in [0.2, 0.25) is 0 Å². The van der Waals surface area contributed by atoms with Crippen molar-refractivity contribution in [2.75, 3.05) is 33.4 Å². The van der Waals surface area contributed by atoms with Crippen molar-refractivity contribution in [2.24, 2.45) is 5.92 Å². The van der Waals surface area contributed by atoms with Crippen molar-refractivity contribution in [3.63, 3.8) is 0 Å². The van der Waals surface area contributed by atoms with Crippen molar-refractivity contribution < 1.29 is 18.7 Å². The molecule has 1 aromatic rings. The second-order valence-electron chi connectivity index (χ2n) is 4.77. The second-order valence-corrected chi connectivity index (χ2v) is 4.77. The van der Waals surface area contributed by atoms with Crippen LogP contribution < -0.4 is 0 Å². The Hall–Kier alpha value is -1.33. The van der Waals surface area contributed by atoms with Gasteiger partial charge in [-0.25, -0.2) is 0 Å². The van der Waals surface area contributed by atoms with Crippen molar-refractivity contribution in [3.05, 3.63) is 23.7 Å². The zero-order chi connectivity index (χ0) is 13.7. The predicted octanol–water partition coefficient (Wildman–Crippen LogP) is 1.92. The van der Waals surface area contributed by atoms with Gasteiger partial charge in [-0.15, -0.1) is 0 Å². The van der Waals surface area contributed by atoms with Crippen molar-refractivity contribution in [1.82, 2.24) is 4.90 Å². The molecular formula is C14H21NO4. The largest absolute Gasteiger partial charge is 0.453 e. The standard InChI is InChI=1S/C14H21NO4/c1-3-15(8-11-6-7-18-9-11)14(16)13-5-4-12(19-13)10-17-2/h4-5,11H,3,6-10H2,1-2H3. The van der Waals surface area contributed by atoms with Crippen molar-refractivity contribution >= 4 is 5.91 Å². The van der Waals surface area contributed by atoms with Crippen LogP contribution in [0.3, 0.4) is 0 Å². The second kappa shape index (κ2) is 6.73. The summed E-state index contributed by atoms with van der Waals surface area (Å²) >= 11 is 0. The number of ether oxygens (including phenoxy) is 2. The van der Waals surface area contributed by atoms with Crippen molar-refractivity contribution in [2.45, 2.75) is 20.0 Å².